The van der Waals surface area contributed by atoms with Crippen LogP contribution >= 0.6 is 24.0 Å². The van der Waals surface area contributed by atoms with Gasteiger partial charge in [-0.15, -0.1) is 0 Å². The first kappa shape index (κ1) is 10.3. The molecule has 0 amide bonds. The Morgan fingerprint density at radius 3 is 2.50 bits per heavy atom. The van der Waals surface area contributed by atoms with Gasteiger partial charge in [0.25, 0.3) is 0 Å². The number of thioether (sulfide) groups is 1. The maximum Gasteiger partial charge on any atom is 0.136 e. The summed E-state index contributed by atoms with van der Waals surface area (Å²) in [6.45, 7) is 6.84. The second-order valence-corrected chi connectivity index (χ2v) is 5.32. The van der Waals surface area contributed by atoms with Crippen LogP contribution in [0.4, 0.5) is 0 Å². The van der Waals surface area contributed by atoms with Crippen LogP contribution in [0.15, 0.2) is 0 Å². The van der Waals surface area contributed by atoms with E-state index in [9.17, 15) is 0 Å². The highest BCUT2D eigenvalue weighted by molar-refractivity contribution is 8.22. The molecule has 1 fully saturated rings. The molecule has 1 saturated heterocycles. The molecular weight excluding hydrogens is 186 g/mol. The second-order valence-electron chi connectivity index (χ2n) is 3.66. The predicted molar refractivity (Wildman–Crippen MR) is 60.7 cm³/mol. The summed E-state index contributed by atoms with van der Waals surface area (Å²) in [4.78, 5) is 2.34. The van der Waals surface area contributed by atoms with Gasteiger partial charge in [-0.3, -0.25) is 0 Å². The molecule has 0 bridgehead atoms. The van der Waals surface area contributed by atoms with E-state index in [1.807, 2.05) is 11.8 Å². The first-order chi connectivity index (χ1) is 5.70. The minimum absolute atomic E-state index is 0.746. The molecule has 0 atom stereocenters. The highest BCUT2D eigenvalue weighted by Crippen LogP contribution is 2.17. The van der Waals surface area contributed by atoms with E-state index < -0.39 is 0 Å². The molecule has 0 aromatic heterocycles. The molecule has 0 aromatic carbocycles. The maximum atomic E-state index is 5.32. The van der Waals surface area contributed by atoms with Crippen molar-refractivity contribution < 1.29 is 0 Å². The van der Waals surface area contributed by atoms with Crippen LogP contribution in [0.1, 0.15) is 26.7 Å². The maximum absolute atomic E-state index is 5.32. The van der Waals surface area contributed by atoms with Crippen molar-refractivity contribution in [3.63, 3.8) is 0 Å². The zero-order chi connectivity index (χ0) is 8.97. The third-order valence-electron chi connectivity index (χ3n) is 1.90. The Kier molecular flexibility index (Phi) is 4.36. The van der Waals surface area contributed by atoms with Crippen molar-refractivity contribution in [1.82, 2.24) is 4.90 Å². The van der Waals surface area contributed by atoms with E-state index in [1.54, 1.807) is 0 Å². The lowest BCUT2D eigenvalue weighted by atomic mass is 10.3. The van der Waals surface area contributed by atoms with E-state index in [-0.39, 0.29) is 0 Å². The van der Waals surface area contributed by atoms with Crippen molar-refractivity contribution in [1.29, 1.82) is 0 Å². The Bertz CT molecular complexity index is 151. The molecule has 12 heavy (non-hydrogen) atoms. The van der Waals surface area contributed by atoms with Gasteiger partial charge in [0.2, 0.25) is 0 Å². The van der Waals surface area contributed by atoms with Crippen molar-refractivity contribution in [2.24, 2.45) is 5.92 Å². The van der Waals surface area contributed by atoms with E-state index >= 15 is 0 Å². The molecule has 1 nitrogen and oxygen atoms in total. The number of hydrogen-bond donors (Lipinski definition) is 0. The van der Waals surface area contributed by atoms with Crippen molar-refractivity contribution >= 4 is 28.3 Å². The van der Waals surface area contributed by atoms with Crippen LogP contribution in [-0.4, -0.2) is 28.1 Å². The summed E-state index contributed by atoms with van der Waals surface area (Å²) in [5, 5.41) is 0. The van der Waals surface area contributed by atoms with Crippen LogP contribution in [0.25, 0.3) is 0 Å². The van der Waals surface area contributed by atoms with Crippen LogP contribution in [0.3, 0.4) is 0 Å². The Balaban J connectivity index is 2.18. The zero-order valence-corrected chi connectivity index (χ0v) is 9.51. The summed E-state index contributed by atoms with van der Waals surface area (Å²) in [6.07, 6.45) is 2.64. The van der Waals surface area contributed by atoms with Gasteiger partial charge in [-0.05, 0) is 18.8 Å². The van der Waals surface area contributed by atoms with Gasteiger partial charge in [0.15, 0.2) is 0 Å². The normalized spacial score (nSPS) is 17.4. The van der Waals surface area contributed by atoms with E-state index in [1.165, 1.54) is 25.9 Å². The fraction of sp³-hybridized carbons (Fsp3) is 0.889. The van der Waals surface area contributed by atoms with Gasteiger partial charge in [0.05, 0.1) is 0 Å². The minimum atomic E-state index is 0.746. The molecule has 0 unspecified atom stereocenters. The van der Waals surface area contributed by atoms with E-state index in [4.69, 9.17) is 12.2 Å². The quantitative estimate of drug-likeness (QED) is 0.635. The van der Waals surface area contributed by atoms with E-state index in [0.29, 0.717) is 0 Å². The topological polar surface area (TPSA) is 3.24 Å². The molecule has 0 spiro atoms. The molecule has 1 aliphatic rings. The summed E-state index contributed by atoms with van der Waals surface area (Å²) in [6, 6.07) is 0. The lowest BCUT2D eigenvalue weighted by Gasteiger charge is -2.18. The monoisotopic (exact) mass is 203 g/mol. The SMILES string of the molecule is CC(C)CSC(=S)N1CCCC1. The Labute approximate surface area is 84.9 Å². The molecule has 3 heteroatoms. The van der Waals surface area contributed by atoms with Gasteiger partial charge in [0, 0.05) is 18.8 Å². The van der Waals surface area contributed by atoms with Crippen LogP contribution in [0.5, 0.6) is 0 Å². The third-order valence-corrected chi connectivity index (χ3v) is 3.85. The van der Waals surface area contributed by atoms with Crippen molar-refractivity contribution in [3.05, 3.63) is 0 Å². The number of rotatable bonds is 2. The molecule has 1 heterocycles. The van der Waals surface area contributed by atoms with Crippen LogP contribution in [0, 0.1) is 5.92 Å². The van der Waals surface area contributed by atoms with Gasteiger partial charge in [-0.2, -0.15) is 0 Å². The van der Waals surface area contributed by atoms with Crippen LogP contribution in [-0.2, 0) is 0 Å². The van der Waals surface area contributed by atoms with Gasteiger partial charge in [0.1, 0.15) is 4.32 Å². The zero-order valence-electron chi connectivity index (χ0n) is 7.88. The molecular formula is C9H17NS2. The lowest BCUT2D eigenvalue weighted by molar-refractivity contribution is 0.539. The molecule has 0 aliphatic carbocycles. The summed E-state index contributed by atoms with van der Waals surface area (Å²) >= 11 is 7.16. The first-order valence-electron chi connectivity index (χ1n) is 4.62. The molecule has 1 aliphatic heterocycles. The Morgan fingerprint density at radius 2 is 2.00 bits per heavy atom. The Morgan fingerprint density at radius 1 is 1.42 bits per heavy atom. The van der Waals surface area contributed by atoms with Crippen molar-refractivity contribution in [3.8, 4) is 0 Å². The van der Waals surface area contributed by atoms with E-state index in [2.05, 4.69) is 18.7 Å². The van der Waals surface area contributed by atoms with Crippen LogP contribution < -0.4 is 0 Å². The van der Waals surface area contributed by atoms with Crippen molar-refractivity contribution in [2.45, 2.75) is 26.7 Å². The first-order valence-corrected chi connectivity index (χ1v) is 6.01. The van der Waals surface area contributed by atoms with Gasteiger partial charge >= 0.3 is 0 Å². The largest absolute Gasteiger partial charge is 0.358 e. The molecule has 0 N–H and O–H groups in total. The van der Waals surface area contributed by atoms with Gasteiger partial charge in [-0.1, -0.05) is 37.8 Å². The molecule has 0 saturated carbocycles. The highest BCUT2D eigenvalue weighted by Gasteiger charge is 2.14. The number of thiocarbonyl (C=S) groups is 1. The predicted octanol–water partition coefficient (Wildman–Crippen LogP) is 2.76. The lowest BCUT2D eigenvalue weighted by Crippen LogP contribution is -2.23. The third kappa shape index (κ3) is 3.31. The highest BCUT2D eigenvalue weighted by atomic mass is 32.2. The van der Waals surface area contributed by atoms with Crippen molar-refractivity contribution in [2.75, 3.05) is 18.8 Å². The minimum Gasteiger partial charge on any atom is -0.358 e. The molecule has 70 valence electrons. The molecule has 0 radical (unpaired) electrons. The fourth-order valence-corrected chi connectivity index (χ4v) is 2.46. The number of likely N-dealkylation sites (tertiary alicyclic amines) is 1. The smallest absolute Gasteiger partial charge is 0.136 e. The Hall–Kier alpha value is 0.240. The van der Waals surface area contributed by atoms with Gasteiger partial charge < -0.3 is 4.90 Å². The second kappa shape index (κ2) is 5.07. The van der Waals surface area contributed by atoms with Crippen LogP contribution in [0.2, 0.25) is 0 Å². The average molecular weight is 203 g/mol. The molecule has 1 rings (SSSR count). The number of nitrogens with zero attached hydrogens (tertiary/aromatic N) is 1. The summed E-state index contributed by atoms with van der Waals surface area (Å²) in [5.74, 6) is 1.91. The van der Waals surface area contributed by atoms with Gasteiger partial charge in [-0.25, -0.2) is 0 Å². The van der Waals surface area contributed by atoms with E-state index in [0.717, 1.165) is 16.0 Å². The summed E-state index contributed by atoms with van der Waals surface area (Å²) in [5.41, 5.74) is 0. The number of hydrogen-bond acceptors (Lipinski definition) is 2. The standard InChI is InChI=1S/C9H17NS2/c1-8(2)7-12-9(11)10-5-3-4-6-10/h8H,3-7H2,1-2H3. The summed E-state index contributed by atoms with van der Waals surface area (Å²) in [7, 11) is 0. The summed E-state index contributed by atoms with van der Waals surface area (Å²) < 4.78 is 1.11. The fourth-order valence-electron chi connectivity index (χ4n) is 1.23. The average Bonchev–Trinajstić information content (AvgIpc) is 2.51. The molecule has 0 aromatic rings.